The van der Waals surface area contributed by atoms with Crippen LogP contribution in [-0.2, 0) is 11.3 Å². The van der Waals surface area contributed by atoms with Crippen molar-refractivity contribution in [1.29, 1.82) is 0 Å². The molecule has 1 aromatic carbocycles. The van der Waals surface area contributed by atoms with Crippen LogP contribution in [0.1, 0.15) is 19.1 Å². The van der Waals surface area contributed by atoms with Gasteiger partial charge in [0.05, 0.1) is 0 Å². The fourth-order valence-electron chi connectivity index (χ4n) is 1.66. The predicted molar refractivity (Wildman–Crippen MR) is 67.0 cm³/mol. The highest BCUT2D eigenvalue weighted by molar-refractivity contribution is 6.33. The van der Waals surface area contributed by atoms with Crippen LogP contribution in [0.2, 0.25) is 0 Å². The first-order valence-electron chi connectivity index (χ1n) is 5.82. The molecule has 0 atom stereocenters. The lowest BCUT2D eigenvalue weighted by Crippen LogP contribution is -2.20. The third kappa shape index (κ3) is 3.26. The topological polar surface area (TPSA) is 72.1 Å². The zero-order valence-corrected chi connectivity index (χ0v) is 10.1. The van der Waals surface area contributed by atoms with Crippen LogP contribution in [0.3, 0.4) is 0 Å². The van der Waals surface area contributed by atoms with Crippen LogP contribution in [0.25, 0.3) is 11.0 Å². The molecule has 0 unspecified atom stereocenters. The van der Waals surface area contributed by atoms with Gasteiger partial charge in [0, 0.05) is 12.0 Å². The molecule has 5 nitrogen and oxygen atoms in total. The van der Waals surface area contributed by atoms with E-state index in [4.69, 9.17) is 23.9 Å². The lowest BCUT2D eigenvalue weighted by Gasteiger charge is -2.02. The highest BCUT2D eigenvalue weighted by atomic mass is 16.6. The van der Waals surface area contributed by atoms with Gasteiger partial charge in [-0.3, -0.25) is 0 Å². The lowest BCUT2D eigenvalue weighted by molar-refractivity contribution is 0.108. The van der Waals surface area contributed by atoms with E-state index < -0.39 is 7.32 Å². The summed E-state index contributed by atoms with van der Waals surface area (Å²) >= 11 is 0. The van der Waals surface area contributed by atoms with E-state index in [1.54, 1.807) is 18.2 Å². The van der Waals surface area contributed by atoms with Gasteiger partial charge in [-0.15, -0.1) is 0 Å². The molecule has 0 aliphatic rings. The largest absolute Gasteiger partial charge is 0.707 e. The molecule has 0 spiro atoms. The molecule has 0 amide bonds. The van der Waals surface area contributed by atoms with Crippen LogP contribution in [-0.4, -0.2) is 24.0 Å². The highest BCUT2D eigenvalue weighted by Gasteiger charge is 2.12. The maximum Gasteiger partial charge on any atom is 0.707 e. The molecule has 0 saturated heterocycles. The van der Waals surface area contributed by atoms with E-state index >= 15 is 0 Å². The van der Waals surface area contributed by atoms with E-state index in [1.165, 1.54) is 0 Å². The number of hydrogen-bond acceptors (Lipinski definition) is 5. The Morgan fingerprint density at radius 1 is 1.28 bits per heavy atom. The van der Waals surface area contributed by atoms with E-state index in [-0.39, 0.29) is 0 Å². The molecule has 96 valence electrons. The average molecular weight is 250 g/mol. The number of rotatable bonds is 6. The molecule has 1 aromatic heterocycles. The minimum Gasteiger partial charge on any atom is -0.512 e. The van der Waals surface area contributed by atoms with Crippen LogP contribution in [0.4, 0.5) is 0 Å². The van der Waals surface area contributed by atoms with Crippen molar-refractivity contribution in [2.24, 2.45) is 0 Å². The molecule has 6 heteroatoms. The Morgan fingerprint density at radius 2 is 2.11 bits per heavy atom. The average Bonchev–Trinajstić information content (AvgIpc) is 2.70. The van der Waals surface area contributed by atoms with Gasteiger partial charge in [-0.05, 0) is 30.7 Å². The molecule has 2 N–H and O–H groups in total. The zero-order valence-electron chi connectivity index (χ0n) is 10.1. The molecular weight excluding hydrogens is 235 g/mol. The number of ether oxygens (including phenoxy) is 1. The van der Waals surface area contributed by atoms with Crippen LogP contribution in [0.15, 0.2) is 28.7 Å². The first-order chi connectivity index (χ1) is 8.69. The standard InChI is InChI=1S/C12H15BO5/c1-2-5-16-8-11-7-9-6-10(18-13(14)15)3-4-12(9)17-11/h3-4,6-7,14-15H,2,5,8H2,1H3. The van der Waals surface area contributed by atoms with E-state index in [2.05, 4.69) is 0 Å². The monoisotopic (exact) mass is 250 g/mol. The molecular formula is C12H15BO5. The van der Waals surface area contributed by atoms with Crippen molar-refractivity contribution in [1.82, 2.24) is 0 Å². The van der Waals surface area contributed by atoms with Gasteiger partial charge in [0.1, 0.15) is 23.7 Å². The molecule has 0 radical (unpaired) electrons. The summed E-state index contributed by atoms with van der Waals surface area (Å²) in [4.78, 5) is 0. The maximum absolute atomic E-state index is 8.72. The lowest BCUT2D eigenvalue weighted by atomic mass is 10.2. The van der Waals surface area contributed by atoms with Gasteiger partial charge in [0.15, 0.2) is 0 Å². The van der Waals surface area contributed by atoms with Crippen LogP contribution < -0.4 is 4.65 Å². The van der Waals surface area contributed by atoms with Crippen LogP contribution >= 0.6 is 0 Å². The molecule has 0 fully saturated rings. The summed E-state index contributed by atoms with van der Waals surface area (Å²) in [5.74, 6) is 1.11. The Hall–Kier alpha value is -1.50. The summed E-state index contributed by atoms with van der Waals surface area (Å²) in [6, 6.07) is 6.86. The first kappa shape index (κ1) is 12.9. The third-order valence-electron chi connectivity index (χ3n) is 2.37. The predicted octanol–water partition coefficient (Wildman–Crippen LogP) is 1.71. The first-order valence-corrected chi connectivity index (χ1v) is 5.82. The molecule has 0 bridgehead atoms. The number of fused-ring (bicyclic) bond motifs is 1. The molecule has 0 aliphatic heterocycles. The van der Waals surface area contributed by atoms with E-state index in [0.29, 0.717) is 24.5 Å². The zero-order chi connectivity index (χ0) is 13.0. The van der Waals surface area contributed by atoms with Crippen molar-refractivity contribution in [3.8, 4) is 5.75 Å². The number of benzene rings is 1. The summed E-state index contributed by atoms with van der Waals surface area (Å²) < 4.78 is 15.7. The van der Waals surface area contributed by atoms with Crippen LogP contribution in [0, 0.1) is 0 Å². The van der Waals surface area contributed by atoms with Crippen molar-refractivity contribution < 1.29 is 23.9 Å². The summed E-state index contributed by atoms with van der Waals surface area (Å²) in [5.41, 5.74) is 0.713. The normalized spacial score (nSPS) is 10.8. The Labute approximate surface area is 105 Å². The molecule has 0 aliphatic carbocycles. The van der Waals surface area contributed by atoms with Crippen molar-refractivity contribution in [3.63, 3.8) is 0 Å². The Balaban J connectivity index is 2.12. The SMILES string of the molecule is CCCOCc1cc2cc(OB(O)O)ccc2o1. The summed E-state index contributed by atoms with van der Waals surface area (Å²) in [5, 5.41) is 18.3. The van der Waals surface area contributed by atoms with Gasteiger partial charge in [-0.1, -0.05) is 6.92 Å². The van der Waals surface area contributed by atoms with Gasteiger partial charge >= 0.3 is 7.32 Å². The van der Waals surface area contributed by atoms with Crippen molar-refractivity contribution in [3.05, 3.63) is 30.0 Å². The fourth-order valence-corrected chi connectivity index (χ4v) is 1.66. The van der Waals surface area contributed by atoms with Gasteiger partial charge < -0.3 is 23.9 Å². The van der Waals surface area contributed by atoms with E-state index in [0.717, 1.165) is 17.6 Å². The van der Waals surface area contributed by atoms with Crippen molar-refractivity contribution in [2.45, 2.75) is 20.0 Å². The Bertz CT molecular complexity index is 508. The second-order valence-corrected chi connectivity index (χ2v) is 3.91. The van der Waals surface area contributed by atoms with Gasteiger partial charge in [0.25, 0.3) is 0 Å². The Kier molecular flexibility index (Phi) is 4.25. The van der Waals surface area contributed by atoms with E-state index in [9.17, 15) is 0 Å². The van der Waals surface area contributed by atoms with Gasteiger partial charge in [0.2, 0.25) is 0 Å². The second kappa shape index (κ2) is 5.90. The minimum atomic E-state index is -1.82. The quantitative estimate of drug-likeness (QED) is 0.603. The number of hydrogen-bond donors (Lipinski definition) is 2. The Morgan fingerprint density at radius 3 is 2.83 bits per heavy atom. The minimum absolute atomic E-state index is 0.374. The molecule has 0 saturated carbocycles. The molecule has 2 rings (SSSR count). The van der Waals surface area contributed by atoms with Crippen molar-refractivity contribution >= 4 is 18.3 Å². The smallest absolute Gasteiger partial charge is 0.512 e. The number of furan rings is 1. The summed E-state index contributed by atoms with van der Waals surface area (Å²) in [7, 11) is -1.82. The van der Waals surface area contributed by atoms with Crippen molar-refractivity contribution in [2.75, 3.05) is 6.61 Å². The van der Waals surface area contributed by atoms with E-state index in [1.807, 2.05) is 13.0 Å². The second-order valence-electron chi connectivity index (χ2n) is 3.91. The van der Waals surface area contributed by atoms with Gasteiger partial charge in [-0.2, -0.15) is 0 Å². The molecule has 1 heterocycles. The van der Waals surface area contributed by atoms with Crippen LogP contribution in [0.5, 0.6) is 5.75 Å². The maximum atomic E-state index is 8.72. The molecule has 2 aromatic rings. The fraction of sp³-hybridized carbons (Fsp3) is 0.333. The molecule has 18 heavy (non-hydrogen) atoms. The van der Waals surface area contributed by atoms with Gasteiger partial charge in [-0.25, -0.2) is 0 Å². The summed E-state index contributed by atoms with van der Waals surface area (Å²) in [6.07, 6.45) is 0.965. The highest BCUT2D eigenvalue weighted by Crippen LogP contribution is 2.24. The summed E-state index contributed by atoms with van der Waals surface area (Å²) in [6.45, 7) is 3.17. The third-order valence-corrected chi connectivity index (χ3v) is 2.37.